The molecule has 3 heterocycles. The van der Waals surface area contributed by atoms with E-state index >= 15 is 0 Å². The molecular weight excluding hydrogens is 434 g/mol. The first kappa shape index (κ1) is 23.0. The first-order valence-electron chi connectivity index (χ1n) is 12.5. The maximum Gasteiger partial charge on any atom is 0.255 e. The van der Waals surface area contributed by atoms with Crippen LogP contribution >= 0.6 is 0 Å². The Balaban J connectivity index is 1.34. The van der Waals surface area contributed by atoms with Gasteiger partial charge in [-0.2, -0.15) is 0 Å². The van der Waals surface area contributed by atoms with E-state index in [1.165, 1.54) is 0 Å². The average molecular weight is 468 g/mol. The Morgan fingerprint density at radius 2 is 1.85 bits per heavy atom. The fraction of sp³-hybridized carbons (Fsp3) is 0.600. The molecule has 4 amide bonds. The molecule has 0 radical (unpaired) electrons. The number of nitrogens with zero attached hydrogens (tertiary/aromatic N) is 2. The number of piperidine rings is 1. The minimum absolute atomic E-state index is 0.173. The van der Waals surface area contributed by atoms with Gasteiger partial charge in [-0.25, -0.2) is 0 Å². The molecule has 1 saturated carbocycles. The van der Waals surface area contributed by atoms with Gasteiger partial charge in [0.25, 0.3) is 5.91 Å². The highest BCUT2D eigenvalue weighted by Gasteiger charge is 2.43. The molecule has 3 aliphatic heterocycles. The summed E-state index contributed by atoms with van der Waals surface area (Å²) < 4.78 is 0. The molecule has 34 heavy (non-hydrogen) atoms. The third-order valence-electron chi connectivity index (χ3n) is 7.78. The molecule has 9 nitrogen and oxygen atoms in total. The molecule has 3 N–H and O–H groups in total. The van der Waals surface area contributed by atoms with E-state index in [2.05, 4.69) is 16.0 Å². The zero-order valence-corrected chi connectivity index (χ0v) is 19.5. The highest BCUT2D eigenvalue weighted by atomic mass is 16.2. The first-order valence-corrected chi connectivity index (χ1v) is 12.5. The zero-order chi connectivity index (χ0) is 23.7. The summed E-state index contributed by atoms with van der Waals surface area (Å²) >= 11 is 0. The van der Waals surface area contributed by atoms with Crippen LogP contribution in [0.2, 0.25) is 0 Å². The Bertz CT molecular complexity index is 997. The van der Waals surface area contributed by atoms with Crippen LogP contribution < -0.4 is 16.0 Å². The molecule has 0 bridgehead atoms. The van der Waals surface area contributed by atoms with E-state index < -0.39 is 17.5 Å². The van der Waals surface area contributed by atoms with Crippen LogP contribution in [0.15, 0.2) is 18.2 Å². The summed E-state index contributed by atoms with van der Waals surface area (Å²) in [6.07, 6.45) is 5.36. The number of carbonyl (C=O) groups excluding carboxylic acids is 4. The van der Waals surface area contributed by atoms with Crippen LogP contribution in [0.25, 0.3) is 0 Å². The normalized spacial score (nSPS) is 24.7. The van der Waals surface area contributed by atoms with Gasteiger partial charge >= 0.3 is 0 Å². The highest BCUT2D eigenvalue weighted by Crippen LogP contribution is 2.33. The average Bonchev–Trinajstić information content (AvgIpc) is 3.20. The standard InChI is InChI=1S/C25H33N5O4/c31-20-8-7-19(22(32)28-20)30-16-18-6-4-5-17(21(18)23(30)33)15-27-25(9-2-1-3-10-25)24(34)29-13-11-26-12-14-29/h4-6,19,26-27H,1-3,7-16H2,(H,28,31,32). The third kappa shape index (κ3) is 4.22. The maximum absolute atomic E-state index is 13.6. The summed E-state index contributed by atoms with van der Waals surface area (Å²) in [5.74, 6) is -0.687. The third-order valence-corrected chi connectivity index (χ3v) is 7.78. The van der Waals surface area contributed by atoms with Crippen molar-refractivity contribution in [3.63, 3.8) is 0 Å². The minimum atomic E-state index is -0.627. The second kappa shape index (κ2) is 9.46. The van der Waals surface area contributed by atoms with Gasteiger partial charge in [-0.05, 0) is 30.4 Å². The van der Waals surface area contributed by atoms with E-state index in [0.717, 1.165) is 69.4 Å². The molecule has 182 valence electrons. The van der Waals surface area contributed by atoms with Gasteiger partial charge in [0.2, 0.25) is 17.7 Å². The fourth-order valence-electron chi connectivity index (χ4n) is 5.89. The van der Waals surface area contributed by atoms with E-state index in [0.29, 0.717) is 25.1 Å². The van der Waals surface area contributed by atoms with Gasteiger partial charge in [-0.1, -0.05) is 37.5 Å². The number of nitrogens with one attached hydrogen (secondary N) is 3. The molecule has 5 rings (SSSR count). The van der Waals surface area contributed by atoms with Gasteiger partial charge < -0.3 is 15.1 Å². The SMILES string of the molecule is O=C1CCC(N2Cc3cccc(CNC4(C(=O)N5CCNCC5)CCCCC4)c3C2=O)C(=O)N1. The van der Waals surface area contributed by atoms with Crippen LogP contribution in [0.3, 0.4) is 0 Å². The van der Waals surface area contributed by atoms with E-state index in [1.54, 1.807) is 4.90 Å². The summed E-state index contributed by atoms with van der Waals surface area (Å²) in [4.78, 5) is 54.5. The molecule has 1 unspecified atom stereocenters. The Morgan fingerprint density at radius 3 is 2.59 bits per heavy atom. The second-order valence-electron chi connectivity index (χ2n) is 9.89. The number of hydrogen-bond donors (Lipinski definition) is 3. The molecule has 1 aliphatic carbocycles. The largest absolute Gasteiger partial charge is 0.339 e. The van der Waals surface area contributed by atoms with Crippen LogP contribution in [0.4, 0.5) is 0 Å². The van der Waals surface area contributed by atoms with Crippen molar-refractivity contribution in [1.82, 2.24) is 25.8 Å². The molecule has 4 aliphatic rings. The smallest absolute Gasteiger partial charge is 0.255 e. The van der Waals surface area contributed by atoms with Crippen molar-refractivity contribution in [3.8, 4) is 0 Å². The van der Waals surface area contributed by atoms with Crippen molar-refractivity contribution < 1.29 is 19.2 Å². The van der Waals surface area contributed by atoms with Crippen LogP contribution in [-0.4, -0.2) is 71.2 Å². The van der Waals surface area contributed by atoms with Gasteiger partial charge in [-0.15, -0.1) is 0 Å². The first-order chi connectivity index (χ1) is 16.5. The summed E-state index contributed by atoms with van der Waals surface area (Å²) in [6.45, 7) is 3.87. The van der Waals surface area contributed by atoms with Gasteiger partial charge in [0, 0.05) is 51.3 Å². The van der Waals surface area contributed by atoms with Gasteiger partial charge in [0.15, 0.2) is 0 Å². The van der Waals surface area contributed by atoms with Crippen molar-refractivity contribution in [3.05, 3.63) is 34.9 Å². The lowest BCUT2D eigenvalue weighted by Gasteiger charge is -2.42. The minimum Gasteiger partial charge on any atom is -0.339 e. The van der Waals surface area contributed by atoms with Crippen LogP contribution in [0, 0.1) is 0 Å². The lowest BCUT2D eigenvalue weighted by atomic mass is 9.80. The topological polar surface area (TPSA) is 111 Å². The maximum atomic E-state index is 13.6. The summed E-state index contributed by atoms with van der Waals surface area (Å²) in [5, 5.41) is 9.26. The molecule has 1 aromatic carbocycles. The molecule has 9 heteroatoms. The predicted octanol–water partition coefficient (Wildman–Crippen LogP) is 0.672. The van der Waals surface area contributed by atoms with Crippen molar-refractivity contribution in [1.29, 1.82) is 0 Å². The van der Waals surface area contributed by atoms with Crippen molar-refractivity contribution in [2.24, 2.45) is 0 Å². The van der Waals surface area contributed by atoms with Crippen LogP contribution in [0.5, 0.6) is 0 Å². The Labute approximate surface area is 199 Å². The molecule has 3 fully saturated rings. The number of piperazine rings is 1. The quantitative estimate of drug-likeness (QED) is 0.549. The lowest BCUT2D eigenvalue weighted by Crippen LogP contribution is -2.61. The zero-order valence-electron chi connectivity index (χ0n) is 19.5. The summed E-state index contributed by atoms with van der Waals surface area (Å²) in [7, 11) is 0. The number of hydrogen-bond acceptors (Lipinski definition) is 6. The second-order valence-corrected chi connectivity index (χ2v) is 9.89. The van der Waals surface area contributed by atoms with E-state index in [1.807, 2.05) is 23.1 Å². The summed E-state index contributed by atoms with van der Waals surface area (Å²) in [5.41, 5.74) is 1.78. The fourth-order valence-corrected chi connectivity index (χ4v) is 5.89. The summed E-state index contributed by atoms with van der Waals surface area (Å²) in [6, 6.07) is 5.16. The van der Waals surface area contributed by atoms with Gasteiger partial charge in [-0.3, -0.25) is 29.8 Å². The Kier molecular flexibility index (Phi) is 6.40. The van der Waals surface area contributed by atoms with E-state index in [9.17, 15) is 19.2 Å². The van der Waals surface area contributed by atoms with Crippen molar-refractivity contribution >= 4 is 23.6 Å². The number of rotatable bonds is 5. The van der Waals surface area contributed by atoms with E-state index in [-0.39, 0.29) is 24.1 Å². The molecule has 1 aromatic rings. The molecule has 0 aromatic heterocycles. The molecule has 1 atom stereocenters. The van der Waals surface area contributed by atoms with Gasteiger partial charge in [0.1, 0.15) is 6.04 Å². The van der Waals surface area contributed by atoms with E-state index in [4.69, 9.17) is 0 Å². The Hall–Kier alpha value is -2.78. The van der Waals surface area contributed by atoms with Crippen molar-refractivity contribution in [2.75, 3.05) is 26.2 Å². The van der Waals surface area contributed by atoms with Gasteiger partial charge in [0.05, 0.1) is 5.54 Å². The highest BCUT2D eigenvalue weighted by molar-refractivity contribution is 6.06. The molecule has 0 spiro atoms. The van der Waals surface area contributed by atoms with Crippen LogP contribution in [-0.2, 0) is 27.5 Å². The predicted molar refractivity (Wildman–Crippen MR) is 125 cm³/mol. The number of carbonyl (C=O) groups is 4. The van der Waals surface area contributed by atoms with Crippen molar-refractivity contribution in [2.45, 2.75) is 69.6 Å². The Morgan fingerprint density at radius 1 is 1.09 bits per heavy atom. The number of amides is 4. The molecular formula is C25H33N5O4. The monoisotopic (exact) mass is 467 g/mol. The molecule has 2 saturated heterocycles. The number of imide groups is 1. The number of fused-ring (bicyclic) bond motifs is 1. The lowest BCUT2D eigenvalue weighted by molar-refractivity contribution is -0.141. The number of benzene rings is 1. The van der Waals surface area contributed by atoms with Crippen LogP contribution in [0.1, 0.15) is 66.4 Å².